The van der Waals surface area contributed by atoms with Crippen LogP contribution in [0.25, 0.3) is 0 Å². The quantitative estimate of drug-likeness (QED) is 0.795. The zero-order valence-electron chi connectivity index (χ0n) is 13.9. The van der Waals surface area contributed by atoms with Gasteiger partial charge in [-0.2, -0.15) is 4.98 Å². The molecular formula is C16H25N5O2. The highest BCUT2D eigenvalue weighted by Crippen LogP contribution is 2.38. The van der Waals surface area contributed by atoms with Crippen LogP contribution >= 0.6 is 0 Å². The summed E-state index contributed by atoms with van der Waals surface area (Å²) in [5.74, 6) is 2.38. The molecule has 1 aliphatic carbocycles. The van der Waals surface area contributed by atoms with E-state index in [0.717, 1.165) is 44.2 Å². The Kier molecular flexibility index (Phi) is 3.85. The van der Waals surface area contributed by atoms with Crippen LogP contribution < -0.4 is 0 Å². The summed E-state index contributed by atoms with van der Waals surface area (Å²) >= 11 is 0. The van der Waals surface area contributed by atoms with E-state index >= 15 is 0 Å². The number of carbonyl (C=O) groups excluding carboxylic acids is 1. The Morgan fingerprint density at radius 3 is 2.78 bits per heavy atom. The minimum atomic E-state index is 0.0880. The topological polar surface area (TPSA) is 65.7 Å². The fourth-order valence-corrected chi connectivity index (χ4v) is 3.73. The summed E-state index contributed by atoms with van der Waals surface area (Å²) in [6, 6.07) is 0.543. The molecule has 0 unspecified atom stereocenters. The molecule has 0 N–H and O–H groups in total. The van der Waals surface area contributed by atoms with Gasteiger partial charge in [0, 0.05) is 38.6 Å². The van der Waals surface area contributed by atoms with Gasteiger partial charge < -0.3 is 9.42 Å². The van der Waals surface area contributed by atoms with Crippen molar-refractivity contribution < 1.29 is 9.32 Å². The smallest absolute Gasteiger partial charge is 0.239 e. The normalized spacial score (nSPS) is 29.2. The first-order valence-electron chi connectivity index (χ1n) is 8.63. The summed E-state index contributed by atoms with van der Waals surface area (Å²) < 4.78 is 5.33. The first-order chi connectivity index (χ1) is 11.1. The van der Waals surface area contributed by atoms with Crippen molar-refractivity contribution in [3.05, 3.63) is 11.7 Å². The molecule has 1 aromatic heterocycles. The van der Waals surface area contributed by atoms with Crippen molar-refractivity contribution in [1.82, 2.24) is 24.8 Å². The third-order valence-electron chi connectivity index (χ3n) is 5.46. The SMILES string of the molecule is CN1CC[C@@H](N2CC[C@H](N(C)Cc3noc(C4CC4)n3)C2)C1=O. The zero-order valence-corrected chi connectivity index (χ0v) is 13.9. The number of amides is 1. The van der Waals surface area contributed by atoms with Crippen LogP contribution in [0.1, 0.15) is 43.3 Å². The first-order valence-corrected chi connectivity index (χ1v) is 8.63. The van der Waals surface area contributed by atoms with E-state index in [-0.39, 0.29) is 11.9 Å². The molecule has 2 saturated heterocycles. The van der Waals surface area contributed by atoms with Crippen molar-refractivity contribution >= 4 is 5.91 Å². The minimum absolute atomic E-state index is 0.0880. The van der Waals surface area contributed by atoms with Gasteiger partial charge in [-0.3, -0.25) is 14.6 Å². The zero-order chi connectivity index (χ0) is 16.0. The van der Waals surface area contributed by atoms with Crippen LogP contribution in [0.4, 0.5) is 0 Å². The molecule has 1 amide bonds. The van der Waals surface area contributed by atoms with Crippen molar-refractivity contribution in [2.24, 2.45) is 0 Å². The lowest BCUT2D eigenvalue weighted by molar-refractivity contribution is -0.130. The van der Waals surface area contributed by atoms with Crippen molar-refractivity contribution in [3.63, 3.8) is 0 Å². The van der Waals surface area contributed by atoms with Gasteiger partial charge in [0.15, 0.2) is 5.82 Å². The van der Waals surface area contributed by atoms with Crippen LogP contribution in [0.2, 0.25) is 0 Å². The second-order valence-corrected chi connectivity index (χ2v) is 7.24. The summed E-state index contributed by atoms with van der Waals surface area (Å²) in [6.07, 6.45) is 4.41. The van der Waals surface area contributed by atoms with Gasteiger partial charge in [-0.15, -0.1) is 0 Å². The van der Waals surface area contributed by atoms with Gasteiger partial charge in [-0.05, 0) is 32.7 Å². The van der Waals surface area contributed by atoms with E-state index in [9.17, 15) is 4.79 Å². The number of hydrogen-bond donors (Lipinski definition) is 0. The standard InChI is InChI=1S/C16H25N5O2/c1-19-7-6-13(16(19)22)21-8-5-12(9-21)20(2)10-14-17-15(23-18-14)11-3-4-11/h11-13H,3-10H2,1-2H3/t12-,13+/m0/s1. The molecule has 3 heterocycles. The summed E-state index contributed by atoms with van der Waals surface area (Å²) in [7, 11) is 4.01. The predicted molar refractivity (Wildman–Crippen MR) is 83.8 cm³/mol. The van der Waals surface area contributed by atoms with Gasteiger partial charge in [0.1, 0.15) is 0 Å². The lowest BCUT2D eigenvalue weighted by Crippen LogP contribution is -2.42. The van der Waals surface area contributed by atoms with Crippen LogP contribution in [0, 0.1) is 0 Å². The highest BCUT2D eigenvalue weighted by atomic mass is 16.5. The molecule has 7 nitrogen and oxygen atoms in total. The Labute approximate surface area is 136 Å². The van der Waals surface area contributed by atoms with Crippen LogP contribution in [-0.4, -0.2) is 76.6 Å². The lowest BCUT2D eigenvalue weighted by atomic mass is 10.2. The van der Waals surface area contributed by atoms with E-state index in [1.165, 1.54) is 12.8 Å². The van der Waals surface area contributed by atoms with Gasteiger partial charge in [0.05, 0.1) is 12.6 Å². The highest BCUT2D eigenvalue weighted by Gasteiger charge is 2.38. The molecule has 1 aromatic rings. The molecule has 1 saturated carbocycles. The van der Waals surface area contributed by atoms with Gasteiger partial charge in [-0.25, -0.2) is 0 Å². The third kappa shape index (κ3) is 2.99. The fraction of sp³-hybridized carbons (Fsp3) is 0.812. The lowest BCUT2D eigenvalue weighted by Gasteiger charge is -2.25. The summed E-state index contributed by atoms with van der Waals surface area (Å²) in [6.45, 7) is 3.55. The van der Waals surface area contributed by atoms with Crippen molar-refractivity contribution in [3.8, 4) is 0 Å². The van der Waals surface area contributed by atoms with Gasteiger partial charge in [-0.1, -0.05) is 5.16 Å². The second kappa shape index (κ2) is 5.87. The van der Waals surface area contributed by atoms with Gasteiger partial charge in [0.25, 0.3) is 0 Å². The molecule has 23 heavy (non-hydrogen) atoms. The molecule has 3 aliphatic rings. The van der Waals surface area contributed by atoms with E-state index in [1.54, 1.807) is 0 Å². The Morgan fingerprint density at radius 2 is 2.09 bits per heavy atom. The number of nitrogens with zero attached hydrogens (tertiary/aromatic N) is 5. The van der Waals surface area contributed by atoms with E-state index in [2.05, 4.69) is 27.0 Å². The molecular weight excluding hydrogens is 294 g/mol. The number of aromatic nitrogens is 2. The summed E-state index contributed by atoms with van der Waals surface area (Å²) in [5.41, 5.74) is 0. The van der Waals surface area contributed by atoms with E-state index in [0.29, 0.717) is 18.5 Å². The molecule has 2 atom stereocenters. The van der Waals surface area contributed by atoms with Crippen LogP contribution in [0.5, 0.6) is 0 Å². The van der Waals surface area contributed by atoms with E-state index in [1.807, 2.05) is 11.9 Å². The molecule has 0 bridgehead atoms. The van der Waals surface area contributed by atoms with E-state index in [4.69, 9.17) is 4.52 Å². The third-order valence-corrected chi connectivity index (χ3v) is 5.46. The van der Waals surface area contributed by atoms with Gasteiger partial charge >= 0.3 is 0 Å². The molecule has 3 fully saturated rings. The Morgan fingerprint density at radius 1 is 1.26 bits per heavy atom. The number of likely N-dealkylation sites (N-methyl/N-ethyl adjacent to an activating group) is 2. The van der Waals surface area contributed by atoms with Crippen LogP contribution in [0.3, 0.4) is 0 Å². The molecule has 4 rings (SSSR count). The Balaban J connectivity index is 1.32. The maximum absolute atomic E-state index is 12.2. The highest BCUT2D eigenvalue weighted by molar-refractivity contribution is 5.83. The van der Waals surface area contributed by atoms with Crippen LogP contribution in [0.15, 0.2) is 4.52 Å². The maximum Gasteiger partial charge on any atom is 0.239 e. The number of likely N-dealkylation sites (tertiary alicyclic amines) is 2. The summed E-state index contributed by atoms with van der Waals surface area (Å²) in [4.78, 5) is 23.2. The molecule has 7 heteroatoms. The van der Waals surface area contributed by atoms with Crippen molar-refractivity contribution in [2.45, 2.75) is 50.2 Å². The Bertz CT molecular complexity index is 585. The van der Waals surface area contributed by atoms with Crippen molar-refractivity contribution in [1.29, 1.82) is 0 Å². The largest absolute Gasteiger partial charge is 0.344 e. The maximum atomic E-state index is 12.2. The average Bonchev–Trinajstić information content (AvgIpc) is 2.94. The molecule has 0 spiro atoms. The monoisotopic (exact) mass is 319 g/mol. The van der Waals surface area contributed by atoms with Crippen LogP contribution in [-0.2, 0) is 11.3 Å². The number of rotatable bonds is 5. The molecule has 0 radical (unpaired) electrons. The first kappa shape index (κ1) is 15.1. The average molecular weight is 319 g/mol. The molecule has 0 aromatic carbocycles. The fourth-order valence-electron chi connectivity index (χ4n) is 3.73. The molecule has 2 aliphatic heterocycles. The predicted octanol–water partition coefficient (Wildman–Crippen LogP) is 0.684. The number of hydrogen-bond acceptors (Lipinski definition) is 6. The summed E-state index contributed by atoms with van der Waals surface area (Å²) in [5, 5.41) is 4.11. The van der Waals surface area contributed by atoms with Crippen molar-refractivity contribution in [2.75, 3.05) is 33.7 Å². The van der Waals surface area contributed by atoms with Gasteiger partial charge in [0.2, 0.25) is 11.8 Å². The van der Waals surface area contributed by atoms with E-state index < -0.39 is 0 Å². The molecule has 126 valence electrons. The minimum Gasteiger partial charge on any atom is -0.344 e. The number of carbonyl (C=O) groups is 1. The second-order valence-electron chi connectivity index (χ2n) is 7.24. The Hall–Kier alpha value is -1.47.